The average Bonchev–Trinajstić information content (AvgIpc) is 3.46. The Kier molecular flexibility index (Phi) is 7.11. The summed E-state index contributed by atoms with van der Waals surface area (Å²) in [6.07, 6.45) is 5.59. The number of thiazole rings is 1. The maximum Gasteiger partial charge on any atom is 0.278 e. The predicted octanol–water partition coefficient (Wildman–Crippen LogP) is 5.05. The minimum absolute atomic E-state index is 0.107. The quantitative estimate of drug-likeness (QED) is 0.333. The van der Waals surface area contributed by atoms with E-state index in [9.17, 15) is 4.79 Å². The van der Waals surface area contributed by atoms with Crippen molar-refractivity contribution in [1.29, 1.82) is 0 Å². The van der Waals surface area contributed by atoms with Gasteiger partial charge in [-0.05, 0) is 50.6 Å². The van der Waals surface area contributed by atoms with Crippen molar-refractivity contribution in [1.82, 2.24) is 29.2 Å². The molecule has 0 atom stereocenters. The van der Waals surface area contributed by atoms with Crippen molar-refractivity contribution in [2.45, 2.75) is 58.6 Å². The zero-order valence-corrected chi connectivity index (χ0v) is 23.5. The van der Waals surface area contributed by atoms with E-state index in [-0.39, 0.29) is 17.1 Å². The smallest absolute Gasteiger partial charge is 0.278 e. The molecule has 1 fully saturated rings. The minimum Gasteiger partial charge on any atom is -0.490 e. The largest absolute Gasteiger partial charge is 0.490 e. The van der Waals surface area contributed by atoms with E-state index >= 15 is 0 Å². The van der Waals surface area contributed by atoms with Crippen LogP contribution in [0, 0.1) is 6.92 Å². The van der Waals surface area contributed by atoms with Crippen LogP contribution >= 0.6 is 11.3 Å². The number of allylic oxidation sites excluding steroid dienone is 1. The number of aryl methyl sites for hydroxylation is 1. The lowest BCUT2D eigenvalue weighted by Crippen LogP contribution is -2.35. The Morgan fingerprint density at radius 3 is 2.66 bits per heavy atom. The molecule has 1 aliphatic heterocycles. The number of hydrogen-bond donors (Lipinski definition) is 1. The highest BCUT2D eigenvalue weighted by Gasteiger charge is 2.23. The van der Waals surface area contributed by atoms with Crippen molar-refractivity contribution in [3.05, 3.63) is 64.0 Å². The lowest BCUT2D eigenvalue weighted by Gasteiger charge is -2.29. The fourth-order valence-corrected chi connectivity index (χ4v) is 5.61. The SMILES string of the molecule is C=CCn1c(=O)c2cnc(Nc3ccc(OC4CCN(C)CC4)c(C)c3)nc2n1-c1nc(C(C)(C)C)cs1. The molecule has 0 radical (unpaired) electrons. The van der Waals surface area contributed by atoms with Crippen LogP contribution in [-0.2, 0) is 12.0 Å². The molecule has 5 rings (SSSR count). The predicted molar refractivity (Wildman–Crippen MR) is 153 cm³/mol. The van der Waals surface area contributed by atoms with Crippen LogP contribution < -0.4 is 15.6 Å². The molecule has 1 aromatic carbocycles. The first kappa shape index (κ1) is 26.1. The maximum atomic E-state index is 13.2. The zero-order chi connectivity index (χ0) is 27.0. The van der Waals surface area contributed by atoms with Crippen LogP contribution in [0.15, 0.2) is 47.2 Å². The Hall–Kier alpha value is -3.50. The van der Waals surface area contributed by atoms with Gasteiger partial charge in [-0.15, -0.1) is 17.9 Å². The van der Waals surface area contributed by atoms with E-state index in [1.165, 1.54) is 11.3 Å². The summed E-state index contributed by atoms with van der Waals surface area (Å²) in [5.74, 6) is 1.30. The summed E-state index contributed by atoms with van der Waals surface area (Å²) in [7, 11) is 2.15. The minimum atomic E-state index is -0.176. The van der Waals surface area contributed by atoms with E-state index < -0.39 is 0 Å². The lowest BCUT2D eigenvalue weighted by atomic mass is 9.93. The number of ether oxygens (including phenoxy) is 1. The van der Waals surface area contributed by atoms with Gasteiger partial charge >= 0.3 is 0 Å². The summed E-state index contributed by atoms with van der Waals surface area (Å²) in [4.78, 5) is 29.6. The molecule has 0 amide bonds. The molecule has 0 spiro atoms. The molecule has 4 aromatic rings. The number of aromatic nitrogens is 5. The van der Waals surface area contributed by atoms with Crippen molar-refractivity contribution in [2.75, 3.05) is 25.5 Å². The summed E-state index contributed by atoms with van der Waals surface area (Å²) in [6.45, 7) is 14.7. The fraction of sp³-hybridized carbons (Fsp3) is 0.429. The van der Waals surface area contributed by atoms with E-state index in [2.05, 4.69) is 49.6 Å². The number of nitrogens with one attached hydrogen (secondary N) is 1. The van der Waals surface area contributed by atoms with Gasteiger partial charge in [0.05, 0.1) is 12.2 Å². The molecule has 1 aliphatic rings. The van der Waals surface area contributed by atoms with Crippen LogP contribution in [0.4, 0.5) is 11.6 Å². The third kappa shape index (κ3) is 5.23. The van der Waals surface area contributed by atoms with Crippen LogP contribution in [0.2, 0.25) is 0 Å². The highest BCUT2D eigenvalue weighted by molar-refractivity contribution is 7.12. The first-order valence-electron chi connectivity index (χ1n) is 12.9. The van der Waals surface area contributed by atoms with Crippen LogP contribution in [-0.4, -0.2) is 55.5 Å². The van der Waals surface area contributed by atoms with Gasteiger partial charge in [0, 0.05) is 35.8 Å². The normalized spacial score (nSPS) is 15.2. The molecule has 1 N–H and O–H groups in total. The number of nitrogens with zero attached hydrogens (tertiary/aromatic N) is 6. The molecule has 38 heavy (non-hydrogen) atoms. The number of likely N-dealkylation sites (tertiary alicyclic amines) is 1. The molecule has 0 unspecified atom stereocenters. The van der Waals surface area contributed by atoms with E-state index in [1.54, 1.807) is 21.6 Å². The van der Waals surface area contributed by atoms with E-state index in [4.69, 9.17) is 14.7 Å². The van der Waals surface area contributed by atoms with Gasteiger partial charge in [-0.2, -0.15) is 4.98 Å². The summed E-state index contributed by atoms with van der Waals surface area (Å²) in [6, 6.07) is 6.00. The van der Waals surface area contributed by atoms with Gasteiger partial charge in [0.2, 0.25) is 11.1 Å². The highest BCUT2D eigenvalue weighted by Crippen LogP contribution is 2.29. The summed E-state index contributed by atoms with van der Waals surface area (Å²) < 4.78 is 9.66. The second-order valence-corrected chi connectivity index (χ2v) is 11.7. The molecule has 1 saturated heterocycles. The van der Waals surface area contributed by atoms with Gasteiger partial charge in [0.25, 0.3) is 5.56 Å². The average molecular weight is 534 g/mol. The van der Waals surface area contributed by atoms with Crippen LogP contribution in [0.1, 0.15) is 44.9 Å². The standard InChI is InChI=1S/C28H35N7O2S/c1-7-12-34-25(36)21-16-29-26(32-24(21)35(34)27-31-23(17-38-27)28(3,4)5)30-19-8-9-22(18(2)15-19)37-20-10-13-33(6)14-11-20/h7-9,15-17,20H,1,10-14H2,2-6H3,(H,29,30,32). The Balaban J connectivity index is 1.45. The second-order valence-electron chi connectivity index (χ2n) is 10.9. The van der Waals surface area contributed by atoms with Crippen molar-refractivity contribution in [3.63, 3.8) is 0 Å². The highest BCUT2D eigenvalue weighted by atomic mass is 32.1. The maximum absolute atomic E-state index is 13.2. The van der Waals surface area contributed by atoms with Crippen molar-refractivity contribution < 1.29 is 4.74 Å². The number of fused-ring (bicyclic) bond motifs is 1. The number of benzene rings is 1. The number of piperidine rings is 1. The van der Waals surface area contributed by atoms with Crippen molar-refractivity contribution >= 4 is 34.0 Å². The third-order valence-corrected chi connectivity index (χ3v) is 7.63. The van der Waals surface area contributed by atoms with E-state index in [1.807, 2.05) is 30.5 Å². The molecule has 0 aliphatic carbocycles. The van der Waals surface area contributed by atoms with Gasteiger partial charge in [-0.1, -0.05) is 26.8 Å². The second kappa shape index (κ2) is 10.3. The first-order chi connectivity index (χ1) is 18.1. The number of anilines is 2. The van der Waals surface area contributed by atoms with E-state index in [0.29, 0.717) is 28.7 Å². The molecule has 0 saturated carbocycles. The first-order valence-corrected chi connectivity index (χ1v) is 13.8. The molecule has 4 heterocycles. The van der Waals surface area contributed by atoms with Crippen molar-refractivity contribution in [3.8, 4) is 10.9 Å². The molecule has 9 nitrogen and oxygen atoms in total. The summed E-state index contributed by atoms with van der Waals surface area (Å²) >= 11 is 1.49. The fourth-order valence-electron chi connectivity index (χ4n) is 4.55. The van der Waals surface area contributed by atoms with Crippen LogP contribution in [0.3, 0.4) is 0 Å². The Labute approximate surface area is 226 Å². The molecule has 3 aromatic heterocycles. The van der Waals surface area contributed by atoms with Crippen molar-refractivity contribution in [2.24, 2.45) is 0 Å². The number of rotatable bonds is 7. The zero-order valence-electron chi connectivity index (χ0n) is 22.7. The van der Waals surface area contributed by atoms with Gasteiger partial charge in [0.15, 0.2) is 5.65 Å². The Morgan fingerprint density at radius 1 is 1.24 bits per heavy atom. The van der Waals surface area contributed by atoms with Gasteiger partial charge < -0.3 is 15.0 Å². The van der Waals surface area contributed by atoms with Gasteiger partial charge in [-0.25, -0.2) is 19.3 Å². The molecule has 10 heteroatoms. The monoisotopic (exact) mass is 533 g/mol. The Morgan fingerprint density at radius 2 is 2.00 bits per heavy atom. The number of hydrogen-bond acceptors (Lipinski definition) is 8. The van der Waals surface area contributed by atoms with Gasteiger partial charge in [0.1, 0.15) is 17.2 Å². The molecule has 0 bridgehead atoms. The molecule has 200 valence electrons. The summed E-state index contributed by atoms with van der Waals surface area (Å²) in [5, 5.41) is 6.44. The summed E-state index contributed by atoms with van der Waals surface area (Å²) in [5.41, 5.74) is 3.07. The third-order valence-electron chi connectivity index (χ3n) is 6.81. The van der Waals surface area contributed by atoms with Crippen LogP contribution in [0.5, 0.6) is 5.75 Å². The van der Waals surface area contributed by atoms with Crippen LogP contribution in [0.25, 0.3) is 16.2 Å². The molecular formula is C28H35N7O2S. The van der Waals surface area contributed by atoms with Gasteiger partial charge in [-0.3, -0.25) is 4.79 Å². The molecular weight excluding hydrogens is 498 g/mol. The topological polar surface area (TPSA) is 90.1 Å². The Bertz CT molecular complexity index is 1520. The van der Waals surface area contributed by atoms with E-state index in [0.717, 1.165) is 48.6 Å². The lowest BCUT2D eigenvalue weighted by molar-refractivity contribution is 0.113.